The molecule has 3 aromatic carbocycles. The largest absolute Gasteiger partial charge is 0.463 e. The van der Waals surface area contributed by atoms with Gasteiger partial charge in [-0.15, -0.1) is 5.10 Å². The monoisotopic (exact) mass is 470 g/mol. The molecule has 4 rings (SSSR count). The summed E-state index contributed by atoms with van der Waals surface area (Å²) in [6.45, 7) is 1.98. The molecule has 0 bridgehead atoms. The van der Waals surface area contributed by atoms with Crippen LogP contribution >= 0.6 is 0 Å². The summed E-state index contributed by atoms with van der Waals surface area (Å²) in [5, 5.41) is 6.87. The molecule has 1 aromatic heterocycles. The van der Waals surface area contributed by atoms with E-state index in [2.05, 4.69) is 15.4 Å². The van der Waals surface area contributed by atoms with Gasteiger partial charge in [0.1, 0.15) is 5.82 Å². The molecule has 0 aliphatic rings. The summed E-state index contributed by atoms with van der Waals surface area (Å²) >= 11 is 0. The van der Waals surface area contributed by atoms with Crippen LogP contribution in [0.1, 0.15) is 22.8 Å². The number of alkyl halides is 3. The highest BCUT2D eigenvalue weighted by atomic mass is 19.4. The number of amides is 1. The van der Waals surface area contributed by atoms with E-state index in [9.17, 15) is 22.4 Å². The quantitative estimate of drug-likeness (QED) is 0.365. The topological polar surface area (TPSA) is 69.0 Å². The van der Waals surface area contributed by atoms with Crippen LogP contribution in [0, 0.1) is 5.82 Å². The second kappa shape index (κ2) is 9.34. The van der Waals surface area contributed by atoms with E-state index >= 15 is 0 Å². The van der Waals surface area contributed by atoms with Crippen molar-refractivity contribution in [3.05, 3.63) is 89.7 Å². The molecular formula is C24H18F4N4O2. The van der Waals surface area contributed by atoms with Crippen molar-refractivity contribution in [1.29, 1.82) is 0 Å². The third-order valence-corrected chi connectivity index (χ3v) is 4.78. The Labute approximate surface area is 191 Å². The van der Waals surface area contributed by atoms with E-state index in [0.717, 1.165) is 12.1 Å². The number of hydrogen-bond donors (Lipinski definition) is 1. The molecule has 0 atom stereocenters. The molecule has 0 unspecified atom stereocenters. The number of hydrogen-bond acceptors (Lipinski definition) is 4. The molecule has 174 valence electrons. The van der Waals surface area contributed by atoms with E-state index in [1.807, 2.05) is 0 Å². The molecule has 0 saturated heterocycles. The van der Waals surface area contributed by atoms with Gasteiger partial charge in [-0.25, -0.2) is 9.07 Å². The minimum absolute atomic E-state index is 0.0179. The Balaban J connectivity index is 1.72. The molecule has 6 nitrogen and oxygen atoms in total. The Morgan fingerprint density at radius 1 is 1.03 bits per heavy atom. The molecule has 0 saturated carbocycles. The first-order valence-electron chi connectivity index (χ1n) is 10.2. The summed E-state index contributed by atoms with van der Waals surface area (Å²) in [6.07, 6.45) is -4.53. The Hall–Kier alpha value is -4.21. The molecule has 0 radical (unpaired) electrons. The van der Waals surface area contributed by atoms with Crippen molar-refractivity contribution < 1.29 is 27.1 Å². The number of nitrogens with zero attached hydrogens (tertiary/aromatic N) is 3. The lowest BCUT2D eigenvalue weighted by Gasteiger charge is -2.11. The van der Waals surface area contributed by atoms with E-state index in [-0.39, 0.29) is 29.6 Å². The molecule has 1 N–H and O–H groups in total. The fourth-order valence-corrected chi connectivity index (χ4v) is 3.24. The molecule has 1 heterocycles. The van der Waals surface area contributed by atoms with Gasteiger partial charge in [-0.3, -0.25) is 4.79 Å². The van der Waals surface area contributed by atoms with Crippen molar-refractivity contribution in [2.45, 2.75) is 13.1 Å². The lowest BCUT2D eigenvalue weighted by Crippen LogP contribution is -2.14. The van der Waals surface area contributed by atoms with Crippen LogP contribution in [0.25, 0.3) is 17.1 Å². The average Bonchev–Trinajstić information content (AvgIpc) is 3.23. The van der Waals surface area contributed by atoms with Crippen molar-refractivity contribution in [3.8, 4) is 23.1 Å². The summed E-state index contributed by atoms with van der Waals surface area (Å²) < 4.78 is 60.3. The molecule has 0 aliphatic heterocycles. The Kier molecular flexibility index (Phi) is 6.31. The number of ether oxygens (including phenoxy) is 1. The minimum Gasteiger partial charge on any atom is -0.463 e. The Morgan fingerprint density at radius 3 is 2.53 bits per heavy atom. The van der Waals surface area contributed by atoms with Gasteiger partial charge >= 0.3 is 12.2 Å². The predicted molar refractivity (Wildman–Crippen MR) is 117 cm³/mol. The Bertz CT molecular complexity index is 1330. The van der Waals surface area contributed by atoms with Gasteiger partial charge in [0.05, 0.1) is 23.4 Å². The Morgan fingerprint density at radius 2 is 1.79 bits per heavy atom. The van der Waals surface area contributed by atoms with Gasteiger partial charge in [0, 0.05) is 11.3 Å². The first-order chi connectivity index (χ1) is 16.3. The SMILES string of the molecule is CCOc1nc(-c2cccc(C(F)(F)F)c2)n(-c2cccc(NC(=O)c3ccccc3F)c2)n1. The number of nitrogens with one attached hydrogen (secondary N) is 1. The van der Waals surface area contributed by atoms with E-state index in [0.29, 0.717) is 11.4 Å². The number of rotatable bonds is 6. The first-order valence-corrected chi connectivity index (χ1v) is 10.2. The lowest BCUT2D eigenvalue weighted by atomic mass is 10.1. The third-order valence-electron chi connectivity index (χ3n) is 4.78. The van der Waals surface area contributed by atoms with E-state index in [1.165, 1.54) is 35.0 Å². The number of benzene rings is 3. The fraction of sp³-hybridized carbons (Fsp3) is 0.125. The highest BCUT2D eigenvalue weighted by Gasteiger charge is 2.31. The third kappa shape index (κ3) is 4.90. The number of aromatic nitrogens is 3. The standard InChI is InChI=1S/C24H18F4N4O2/c1-2-34-23-30-21(15-7-5-8-16(13-15)24(26,27)28)32(31-23)18-10-6-9-17(14-18)29-22(33)19-11-3-4-12-20(19)25/h3-14H,2H2,1H3,(H,29,33). The summed E-state index contributed by atoms with van der Waals surface area (Å²) in [5.74, 6) is -1.20. The van der Waals surface area contributed by atoms with Crippen LogP contribution in [0.4, 0.5) is 23.2 Å². The summed E-state index contributed by atoms with van der Waals surface area (Å²) in [5.41, 5.74) is -0.0548. The van der Waals surface area contributed by atoms with Crippen molar-refractivity contribution in [2.24, 2.45) is 0 Å². The van der Waals surface area contributed by atoms with E-state index in [4.69, 9.17) is 4.74 Å². The molecule has 10 heteroatoms. The van der Waals surface area contributed by atoms with Gasteiger partial charge in [0.25, 0.3) is 5.91 Å². The highest BCUT2D eigenvalue weighted by molar-refractivity contribution is 6.04. The molecule has 4 aromatic rings. The van der Waals surface area contributed by atoms with Gasteiger partial charge in [0.2, 0.25) is 0 Å². The van der Waals surface area contributed by atoms with Crippen LogP contribution < -0.4 is 10.1 Å². The van der Waals surface area contributed by atoms with E-state index < -0.39 is 23.5 Å². The lowest BCUT2D eigenvalue weighted by molar-refractivity contribution is -0.137. The van der Waals surface area contributed by atoms with Crippen molar-refractivity contribution >= 4 is 11.6 Å². The minimum atomic E-state index is -4.53. The molecule has 0 fully saturated rings. The zero-order valence-corrected chi connectivity index (χ0v) is 17.8. The smallest absolute Gasteiger partial charge is 0.416 e. The van der Waals surface area contributed by atoms with Crippen LogP contribution in [0.5, 0.6) is 6.01 Å². The average molecular weight is 470 g/mol. The second-order valence-corrected chi connectivity index (χ2v) is 7.13. The van der Waals surface area contributed by atoms with Gasteiger partial charge in [-0.2, -0.15) is 18.2 Å². The first kappa shape index (κ1) is 23.0. The second-order valence-electron chi connectivity index (χ2n) is 7.13. The zero-order chi connectivity index (χ0) is 24.3. The van der Waals surface area contributed by atoms with Crippen LogP contribution in [-0.2, 0) is 6.18 Å². The van der Waals surface area contributed by atoms with Gasteiger partial charge in [-0.05, 0) is 49.4 Å². The van der Waals surface area contributed by atoms with Crippen LogP contribution in [-0.4, -0.2) is 27.3 Å². The molecule has 34 heavy (non-hydrogen) atoms. The molecule has 1 amide bonds. The maximum atomic E-state index is 13.9. The normalized spacial score (nSPS) is 11.3. The number of anilines is 1. The van der Waals surface area contributed by atoms with Crippen LogP contribution in [0.15, 0.2) is 72.8 Å². The van der Waals surface area contributed by atoms with Crippen LogP contribution in [0.2, 0.25) is 0 Å². The maximum absolute atomic E-state index is 13.9. The van der Waals surface area contributed by atoms with E-state index in [1.54, 1.807) is 37.3 Å². The van der Waals surface area contributed by atoms with Crippen molar-refractivity contribution in [2.75, 3.05) is 11.9 Å². The number of carbonyl (C=O) groups excluding carboxylic acids is 1. The summed E-state index contributed by atoms with van der Waals surface area (Å²) in [4.78, 5) is 16.7. The van der Waals surface area contributed by atoms with Gasteiger partial charge in [0.15, 0.2) is 5.82 Å². The maximum Gasteiger partial charge on any atom is 0.416 e. The molecule has 0 spiro atoms. The van der Waals surface area contributed by atoms with Gasteiger partial charge < -0.3 is 10.1 Å². The highest BCUT2D eigenvalue weighted by Crippen LogP contribution is 2.33. The van der Waals surface area contributed by atoms with Crippen molar-refractivity contribution in [3.63, 3.8) is 0 Å². The summed E-state index contributed by atoms with van der Waals surface area (Å²) in [7, 11) is 0. The van der Waals surface area contributed by atoms with Crippen LogP contribution in [0.3, 0.4) is 0 Å². The summed E-state index contributed by atoms with van der Waals surface area (Å²) in [6, 6.07) is 16.6. The number of halogens is 4. The zero-order valence-electron chi connectivity index (χ0n) is 17.8. The van der Waals surface area contributed by atoms with Gasteiger partial charge in [-0.1, -0.05) is 30.3 Å². The fourth-order valence-electron chi connectivity index (χ4n) is 3.24. The molecular weight excluding hydrogens is 452 g/mol. The molecule has 0 aliphatic carbocycles. The predicted octanol–water partition coefficient (Wildman–Crippen LogP) is 5.74. The van der Waals surface area contributed by atoms with Crippen molar-refractivity contribution in [1.82, 2.24) is 14.8 Å². The number of carbonyl (C=O) groups is 1.